The van der Waals surface area contributed by atoms with Gasteiger partial charge in [-0.3, -0.25) is 4.79 Å². The number of hydrogen-bond donors (Lipinski definition) is 2. The Balaban J connectivity index is 1.79. The van der Waals surface area contributed by atoms with Crippen LogP contribution in [0.25, 0.3) is 0 Å². The third-order valence-corrected chi connectivity index (χ3v) is 7.02. The first kappa shape index (κ1) is 21.5. The second-order valence-electron chi connectivity index (χ2n) is 7.64. The molecule has 0 saturated heterocycles. The SMILES string of the molecule is CCc1ccc(NC(=O)c2cc(S(=O)(=O)N[C@H]3CCCC[C@H]3C)ccc2F)cc1. The van der Waals surface area contributed by atoms with Gasteiger partial charge in [-0.1, -0.05) is 38.8 Å². The van der Waals surface area contributed by atoms with Gasteiger partial charge in [-0.05, 0) is 61.1 Å². The summed E-state index contributed by atoms with van der Waals surface area (Å²) in [6.07, 6.45) is 4.70. The fourth-order valence-electron chi connectivity index (χ4n) is 3.63. The maximum absolute atomic E-state index is 14.3. The van der Waals surface area contributed by atoms with Crippen molar-refractivity contribution in [2.75, 3.05) is 5.32 Å². The summed E-state index contributed by atoms with van der Waals surface area (Å²) in [6, 6.07) is 10.4. The molecule has 0 bridgehead atoms. The lowest BCUT2D eigenvalue weighted by molar-refractivity contribution is 0.102. The zero-order valence-corrected chi connectivity index (χ0v) is 17.6. The molecule has 29 heavy (non-hydrogen) atoms. The summed E-state index contributed by atoms with van der Waals surface area (Å²) in [5.74, 6) is -1.21. The molecular weight excluding hydrogens is 391 g/mol. The van der Waals surface area contributed by atoms with Crippen molar-refractivity contribution in [3.63, 3.8) is 0 Å². The molecule has 7 heteroatoms. The molecule has 0 aromatic heterocycles. The summed E-state index contributed by atoms with van der Waals surface area (Å²) < 4.78 is 42.6. The molecular formula is C22H27FN2O3S. The van der Waals surface area contributed by atoms with Gasteiger partial charge in [-0.25, -0.2) is 17.5 Å². The van der Waals surface area contributed by atoms with Gasteiger partial charge in [0.05, 0.1) is 10.5 Å². The first-order chi connectivity index (χ1) is 13.8. The Kier molecular flexibility index (Phi) is 6.70. The zero-order valence-electron chi connectivity index (χ0n) is 16.7. The van der Waals surface area contributed by atoms with Crippen LogP contribution in [0.2, 0.25) is 0 Å². The van der Waals surface area contributed by atoms with Crippen molar-refractivity contribution >= 4 is 21.6 Å². The zero-order chi connectivity index (χ0) is 21.0. The molecule has 1 fully saturated rings. The van der Waals surface area contributed by atoms with Gasteiger partial charge in [-0.15, -0.1) is 0 Å². The Bertz CT molecular complexity index is 974. The minimum Gasteiger partial charge on any atom is -0.322 e. The van der Waals surface area contributed by atoms with E-state index in [2.05, 4.69) is 10.0 Å². The topological polar surface area (TPSA) is 75.3 Å². The molecule has 0 heterocycles. The molecule has 1 aliphatic rings. The molecule has 1 amide bonds. The van der Waals surface area contributed by atoms with Gasteiger partial charge < -0.3 is 5.32 Å². The summed E-state index contributed by atoms with van der Waals surface area (Å²) in [5, 5.41) is 2.62. The molecule has 1 saturated carbocycles. The van der Waals surface area contributed by atoms with Gasteiger partial charge in [0.15, 0.2) is 0 Å². The number of hydrogen-bond acceptors (Lipinski definition) is 3. The van der Waals surface area contributed by atoms with Crippen molar-refractivity contribution in [1.82, 2.24) is 4.72 Å². The van der Waals surface area contributed by atoms with E-state index in [-0.39, 0.29) is 22.4 Å². The Morgan fingerprint density at radius 2 is 1.79 bits per heavy atom. The molecule has 2 N–H and O–H groups in total. The molecule has 0 radical (unpaired) electrons. The molecule has 2 aromatic carbocycles. The van der Waals surface area contributed by atoms with E-state index in [9.17, 15) is 17.6 Å². The molecule has 0 unspecified atom stereocenters. The fourth-order valence-corrected chi connectivity index (χ4v) is 5.03. The van der Waals surface area contributed by atoms with Crippen LogP contribution >= 0.6 is 0 Å². The number of aryl methyl sites for hydroxylation is 1. The van der Waals surface area contributed by atoms with Crippen LogP contribution in [0, 0.1) is 11.7 Å². The average Bonchev–Trinajstić information content (AvgIpc) is 2.70. The van der Waals surface area contributed by atoms with Crippen LogP contribution in [0.4, 0.5) is 10.1 Å². The maximum atomic E-state index is 14.3. The number of sulfonamides is 1. The minimum atomic E-state index is -3.84. The van der Waals surface area contributed by atoms with E-state index < -0.39 is 21.7 Å². The quantitative estimate of drug-likeness (QED) is 0.725. The average molecular weight is 419 g/mol. The van der Waals surface area contributed by atoms with E-state index in [4.69, 9.17) is 0 Å². The second-order valence-corrected chi connectivity index (χ2v) is 9.35. The van der Waals surface area contributed by atoms with Crippen LogP contribution in [0.3, 0.4) is 0 Å². The van der Waals surface area contributed by atoms with Crippen molar-refractivity contribution in [3.05, 3.63) is 59.4 Å². The van der Waals surface area contributed by atoms with Crippen LogP contribution in [0.15, 0.2) is 47.4 Å². The molecule has 5 nitrogen and oxygen atoms in total. The van der Waals surface area contributed by atoms with Crippen LogP contribution in [0.1, 0.15) is 55.5 Å². The maximum Gasteiger partial charge on any atom is 0.258 e. The number of nitrogens with one attached hydrogen (secondary N) is 2. The molecule has 3 rings (SSSR count). The van der Waals surface area contributed by atoms with E-state index in [1.165, 1.54) is 6.07 Å². The monoisotopic (exact) mass is 418 g/mol. The highest BCUT2D eigenvalue weighted by Gasteiger charge is 2.27. The molecule has 1 aliphatic carbocycles. The first-order valence-electron chi connectivity index (χ1n) is 10.0. The van der Waals surface area contributed by atoms with Crippen LogP contribution in [0.5, 0.6) is 0 Å². The van der Waals surface area contributed by atoms with E-state index in [1.54, 1.807) is 12.1 Å². The van der Waals surface area contributed by atoms with Gasteiger partial charge in [0, 0.05) is 11.7 Å². The number of amides is 1. The number of rotatable bonds is 6. The Hall–Kier alpha value is -2.25. The van der Waals surface area contributed by atoms with Crippen LogP contribution in [-0.4, -0.2) is 20.4 Å². The lowest BCUT2D eigenvalue weighted by Crippen LogP contribution is -2.41. The Labute approximate surface area is 171 Å². The molecule has 156 valence electrons. The smallest absolute Gasteiger partial charge is 0.258 e. The van der Waals surface area contributed by atoms with Crippen molar-refractivity contribution in [2.24, 2.45) is 5.92 Å². The molecule has 0 spiro atoms. The predicted molar refractivity (Wildman–Crippen MR) is 112 cm³/mol. The van der Waals surface area contributed by atoms with Gasteiger partial charge in [-0.2, -0.15) is 0 Å². The first-order valence-corrected chi connectivity index (χ1v) is 11.5. The summed E-state index contributed by atoms with van der Waals surface area (Å²) in [5.41, 5.74) is 1.34. The van der Waals surface area contributed by atoms with Crippen molar-refractivity contribution in [2.45, 2.75) is 56.9 Å². The molecule has 2 aromatic rings. The van der Waals surface area contributed by atoms with E-state index in [0.717, 1.165) is 49.8 Å². The summed E-state index contributed by atoms with van der Waals surface area (Å²) >= 11 is 0. The second kappa shape index (κ2) is 9.05. The standard InChI is InChI=1S/C22H27FN2O3S/c1-3-16-8-10-17(11-9-16)24-22(26)19-14-18(12-13-20(19)23)29(27,28)25-21-7-5-4-6-15(21)2/h8-15,21,25H,3-7H2,1-2H3,(H,24,26)/t15-,21+/m1/s1. The highest BCUT2D eigenvalue weighted by molar-refractivity contribution is 7.89. The van der Waals surface area contributed by atoms with Gasteiger partial charge in [0.25, 0.3) is 5.91 Å². The lowest BCUT2D eigenvalue weighted by Gasteiger charge is -2.29. The van der Waals surface area contributed by atoms with E-state index in [1.807, 2.05) is 26.0 Å². The summed E-state index contributed by atoms with van der Waals surface area (Å²) in [4.78, 5) is 12.4. The van der Waals surface area contributed by atoms with Gasteiger partial charge >= 0.3 is 0 Å². The Morgan fingerprint density at radius 3 is 2.45 bits per heavy atom. The number of anilines is 1. The predicted octanol–water partition coefficient (Wildman–Crippen LogP) is 4.50. The number of halogens is 1. The molecule has 0 aliphatic heterocycles. The van der Waals surface area contributed by atoms with E-state index in [0.29, 0.717) is 5.69 Å². The third-order valence-electron chi connectivity index (χ3n) is 5.53. The van der Waals surface area contributed by atoms with Crippen molar-refractivity contribution in [3.8, 4) is 0 Å². The Morgan fingerprint density at radius 1 is 1.10 bits per heavy atom. The van der Waals surface area contributed by atoms with E-state index >= 15 is 0 Å². The number of benzene rings is 2. The highest BCUT2D eigenvalue weighted by Crippen LogP contribution is 2.26. The number of carbonyl (C=O) groups is 1. The van der Waals surface area contributed by atoms with Crippen molar-refractivity contribution < 1.29 is 17.6 Å². The fraction of sp³-hybridized carbons (Fsp3) is 0.409. The van der Waals surface area contributed by atoms with Gasteiger partial charge in [0.2, 0.25) is 10.0 Å². The summed E-state index contributed by atoms with van der Waals surface area (Å²) in [7, 11) is -3.84. The van der Waals surface area contributed by atoms with Crippen molar-refractivity contribution in [1.29, 1.82) is 0 Å². The third kappa shape index (κ3) is 5.22. The number of carbonyl (C=O) groups excluding carboxylic acids is 1. The molecule has 2 atom stereocenters. The largest absolute Gasteiger partial charge is 0.322 e. The normalized spacial score (nSPS) is 19.7. The van der Waals surface area contributed by atoms with Gasteiger partial charge in [0.1, 0.15) is 5.82 Å². The summed E-state index contributed by atoms with van der Waals surface area (Å²) in [6.45, 7) is 4.05. The minimum absolute atomic E-state index is 0.108. The lowest BCUT2D eigenvalue weighted by atomic mass is 9.87. The highest BCUT2D eigenvalue weighted by atomic mass is 32.2. The van der Waals surface area contributed by atoms with Crippen LogP contribution < -0.4 is 10.0 Å². The van der Waals surface area contributed by atoms with Crippen LogP contribution in [-0.2, 0) is 16.4 Å².